The van der Waals surface area contributed by atoms with Crippen molar-refractivity contribution in [1.29, 1.82) is 0 Å². The summed E-state index contributed by atoms with van der Waals surface area (Å²) in [6, 6.07) is 2.27. The molecule has 2 atom stereocenters. The lowest BCUT2D eigenvalue weighted by Gasteiger charge is -2.16. The molecule has 2 fully saturated rings. The third-order valence-corrected chi connectivity index (χ3v) is 4.92. The van der Waals surface area contributed by atoms with Crippen LogP contribution in [0, 0.1) is 11.8 Å². The molecule has 0 aromatic carbocycles. The van der Waals surface area contributed by atoms with Gasteiger partial charge >= 0.3 is 5.97 Å². The van der Waals surface area contributed by atoms with Crippen LogP contribution in [-0.2, 0) is 4.79 Å². The summed E-state index contributed by atoms with van der Waals surface area (Å²) in [4.78, 5) is 23.5. The van der Waals surface area contributed by atoms with Gasteiger partial charge in [0.1, 0.15) is 5.69 Å². The molecule has 2 aliphatic rings. The van der Waals surface area contributed by atoms with Crippen LogP contribution < -0.4 is 5.32 Å². The van der Waals surface area contributed by atoms with Gasteiger partial charge in [-0.3, -0.25) is 9.59 Å². The summed E-state index contributed by atoms with van der Waals surface area (Å²) in [6.45, 7) is 0.448. The highest BCUT2D eigenvalue weighted by Crippen LogP contribution is 2.37. The SMILES string of the molecule is O=C(NCC1CCCC1C(=O)O)c1cc(Br)cn1C1CC1. The van der Waals surface area contributed by atoms with Gasteiger partial charge in [0.2, 0.25) is 0 Å². The molecule has 114 valence electrons. The van der Waals surface area contributed by atoms with Gasteiger partial charge in [0.05, 0.1) is 5.92 Å². The second-order valence-corrected chi connectivity index (χ2v) is 6.94. The van der Waals surface area contributed by atoms with Crippen LogP contribution in [0.5, 0.6) is 0 Å². The Morgan fingerprint density at radius 1 is 1.33 bits per heavy atom. The molecule has 2 unspecified atom stereocenters. The van der Waals surface area contributed by atoms with E-state index in [-0.39, 0.29) is 17.7 Å². The van der Waals surface area contributed by atoms with Crippen molar-refractivity contribution in [1.82, 2.24) is 9.88 Å². The van der Waals surface area contributed by atoms with Crippen molar-refractivity contribution in [2.75, 3.05) is 6.54 Å². The maximum absolute atomic E-state index is 12.3. The maximum atomic E-state index is 12.3. The fourth-order valence-electron chi connectivity index (χ4n) is 3.20. The van der Waals surface area contributed by atoms with Gasteiger partial charge in [0.25, 0.3) is 5.91 Å². The highest BCUT2D eigenvalue weighted by Gasteiger charge is 2.33. The van der Waals surface area contributed by atoms with Gasteiger partial charge in [-0.2, -0.15) is 0 Å². The van der Waals surface area contributed by atoms with E-state index in [1.54, 1.807) is 0 Å². The Bertz CT molecular complexity index is 565. The van der Waals surface area contributed by atoms with Gasteiger partial charge < -0.3 is 15.0 Å². The number of carboxylic acids is 1. The van der Waals surface area contributed by atoms with E-state index in [1.165, 1.54) is 0 Å². The Kier molecular flexibility index (Phi) is 4.06. The maximum Gasteiger partial charge on any atom is 0.306 e. The number of amides is 1. The monoisotopic (exact) mass is 354 g/mol. The summed E-state index contributed by atoms with van der Waals surface area (Å²) in [7, 11) is 0. The van der Waals surface area contributed by atoms with E-state index in [9.17, 15) is 14.7 Å². The first-order valence-corrected chi connectivity index (χ1v) is 8.24. The molecule has 2 N–H and O–H groups in total. The zero-order valence-electron chi connectivity index (χ0n) is 11.7. The average molecular weight is 355 g/mol. The quantitative estimate of drug-likeness (QED) is 0.853. The van der Waals surface area contributed by atoms with Crippen LogP contribution in [0.25, 0.3) is 0 Å². The third kappa shape index (κ3) is 3.15. The Labute approximate surface area is 131 Å². The molecule has 2 aliphatic carbocycles. The molecule has 0 saturated heterocycles. The summed E-state index contributed by atoms with van der Waals surface area (Å²) < 4.78 is 2.92. The number of carboxylic acid groups (broad SMARTS) is 1. The summed E-state index contributed by atoms with van der Waals surface area (Å²) in [6.07, 6.45) is 6.71. The van der Waals surface area contributed by atoms with E-state index < -0.39 is 5.97 Å². The number of carbonyl (C=O) groups is 2. The smallest absolute Gasteiger partial charge is 0.306 e. The minimum Gasteiger partial charge on any atom is -0.481 e. The van der Waals surface area contributed by atoms with Crippen LogP contribution in [0.1, 0.15) is 48.6 Å². The second kappa shape index (κ2) is 5.83. The first-order valence-electron chi connectivity index (χ1n) is 7.44. The van der Waals surface area contributed by atoms with E-state index in [0.717, 1.165) is 36.6 Å². The standard InChI is InChI=1S/C15H19BrN2O3/c16-10-6-13(18(8-10)11-4-5-11)14(19)17-7-9-2-1-3-12(9)15(20)21/h6,8-9,11-12H,1-5,7H2,(H,17,19)(H,20,21). The molecule has 21 heavy (non-hydrogen) atoms. The molecule has 6 heteroatoms. The van der Waals surface area contributed by atoms with E-state index in [0.29, 0.717) is 18.3 Å². The summed E-state index contributed by atoms with van der Waals surface area (Å²) in [5, 5.41) is 12.1. The molecule has 3 rings (SSSR count). The van der Waals surface area contributed by atoms with Crippen molar-refractivity contribution in [3.63, 3.8) is 0 Å². The zero-order valence-corrected chi connectivity index (χ0v) is 13.3. The molecule has 1 aromatic rings. The van der Waals surface area contributed by atoms with Gasteiger partial charge in [-0.15, -0.1) is 0 Å². The fourth-order valence-corrected chi connectivity index (χ4v) is 3.64. The Hall–Kier alpha value is -1.30. The number of nitrogens with one attached hydrogen (secondary N) is 1. The Balaban J connectivity index is 1.63. The molecule has 2 saturated carbocycles. The minimum atomic E-state index is -0.740. The van der Waals surface area contributed by atoms with Crippen LogP contribution in [0.15, 0.2) is 16.7 Å². The van der Waals surface area contributed by atoms with Crippen molar-refractivity contribution in [3.05, 3.63) is 22.4 Å². The third-order valence-electron chi connectivity index (χ3n) is 4.49. The molecule has 1 aromatic heterocycles. The van der Waals surface area contributed by atoms with E-state index in [1.807, 2.05) is 16.8 Å². The molecule has 0 spiro atoms. The topological polar surface area (TPSA) is 71.3 Å². The lowest BCUT2D eigenvalue weighted by atomic mass is 9.96. The number of aromatic nitrogens is 1. The second-order valence-electron chi connectivity index (χ2n) is 6.03. The zero-order chi connectivity index (χ0) is 15.0. The van der Waals surface area contributed by atoms with Crippen LogP contribution in [0.4, 0.5) is 0 Å². The van der Waals surface area contributed by atoms with Crippen molar-refractivity contribution >= 4 is 27.8 Å². The fraction of sp³-hybridized carbons (Fsp3) is 0.600. The van der Waals surface area contributed by atoms with Crippen molar-refractivity contribution < 1.29 is 14.7 Å². The van der Waals surface area contributed by atoms with Gasteiger partial charge in [-0.25, -0.2) is 0 Å². The summed E-state index contributed by atoms with van der Waals surface area (Å²) >= 11 is 3.41. The van der Waals surface area contributed by atoms with Crippen LogP contribution in [0.3, 0.4) is 0 Å². The predicted octanol–water partition coefficient (Wildman–Crippen LogP) is 2.82. The average Bonchev–Trinajstić information content (AvgIpc) is 3.04. The van der Waals surface area contributed by atoms with Crippen LogP contribution in [-0.4, -0.2) is 28.1 Å². The van der Waals surface area contributed by atoms with E-state index >= 15 is 0 Å². The number of hydrogen-bond donors (Lipinski definition) is 2. The summed E-state index contributed by atoms with van der Waals surface area (Å²) in [5.74, 6) is -1.11. The molecular weight excluding hydrogens is 336 g/mol. The van der Waals surface area contributed by atoms with Gasteiger partial charge in [0.15, 0.2) is 0 Å². The lowest BCUT2D eigenvalue weighted by Crippen LogP contribution is -2.33. The number of aliphatic carboxylic acids is 1. The first kappa shape index (κ1) is 14.6. The number of carbonyl (C=O) groups excluding carboxylic acids is 1. The number of nitrogens with zero attached hydrogens (tertiary/aromatic N) is 1. The Morgan fingerprint density at radius 2 is 2.10 bits per heavy atom. The molecule has 0 bridgehead atoms. The van der Waals surface area contributed by atoms with Crippen molar-refractivity contribution in [2.45, 2.75) is 38.1 Å². The molecular formula is C15H19BrN2O3. The number of halogens is 1. The van der Waals surface area contributed by atoms with Crippen LogP contribution >= 0.6 is 15.9 Å². The van der Waals surface area contributed by atoms with Crippen LogP contribution in [0.2, 0.25) is 0 Å². The Morgan fingerprint density at radius 3 is 2.76 bits per heavy atom. The summed E-state index contributed by atoms with van der Waals surface area (Å²) in [5.41, 5.74) is 0.661. The minimum absolute atomic E-state index is 0.0548. The first-order chi connectivity index (χ1) is 10.1. The molecule has 1 amide bonds. The predicted molar refractivity (Wildman–Crippen MR) is 81.2 cm³/mol. The molecule has 5 nitrogen and oxygen atoms in total. The van der Waals surface area contributed by atoms with E-state index in [2.05, 4.69) is 21.2 Å². The van der Waals surface area contributed by atoms with E-state index in [4.69, 9.17) is 0 Å². The van der Waals surface area contributed by atoms with Crippen molar-refractivity contribution in [2.24, 2.45) is 11.8 Å². The molecule has 0 aliphatic heterocycles. The van der Waals surface area contributed by atoms with Gasteiger partial charge in [0, 0.05) is 23.3 Å². The highest BCUT2D eigenvalue weighted by atomic mass is 79.9. The molecule has 1 heterocycles. The van der Waals surface area contributed by atoms with Gasteiger partial charge in [-0.1, -0.05) is 6.42 Å². The highest BCUT2D eigenvalue weighted by molar-refractivity contribution is 9.10. The number of hydrogen-bond acceptors (Lipinski definition) is 2. The van der Waals surface area contributed by atoms with Gasteiger partial charge in [-0.05, 0) is 53.6 Å². The normalized spacial score (nSPS) is 25.0. The lowest BCUT2D eigenvalue weighted by molar-refractivity contribution is -0.142. The van der Waals surface area contributed by atoms with Crippen molar-refractivity contribution in [3.8, 4) is 0 Å². The molecule has 0 radical (unpaired) electrons. The largest absolute Gasteiger partial charge is 0.481 e. The number of rotatable bonds is 5.